The van der Waals surface area contributed by atoms with Crippen molar-refractivity contribution in [2.75, 3.05) is 26.8 Å². The molecule has 1 rings (SSSR count). The van der Waals surface area contributed by atoms with Crippen LogP contribution in [0, 0.1) is 0 Å². The number of rotatable bonds is 9. The van der Waals surface area contributed by atoms with Gasteiger partial charge in [0.05, 0.1) is 11.6 Å². The van der Waals surface area contributed by atoms with Crippen molar-refractivity contribution in [2.24, 2.45) is 12.0 Å². The molecule has 0 bridgehead atoms. The summed E-state index contributed by atoms with van der Waals surface area (Å²) in [7, 11) is 3.62. The molecule has 126 valence electrons. The summed E-state index contributed by atoms with van der Waals surface area (Å²) in [5.74, 6) is 0.808. The van der Waals surface area contributed by atoms with E-state index in [4.69, 9.17) is 27.9 Å². The van der Waals surface area contributed by atoms with Gasteiger partial charge in [-0.1, -0.05) is 23.2 Å². The predicted molar refractivity (Wildman–Crippen MR) is 94.0 cm³/mol. The minimum atomic E-state index is 0.530. The lowest BCUT2D eigenvalue weighted by atomic mass is 10.2. The maximum absolute atomic E-state index is 6.06. The molecule has 0 atom stereocenters. The number of aliphatic imine (C=N–C) groups is 1. The molecule has 1 aromatic rings. The van der Waals surface area contributed by atoms with Gasteiger partial charge in [0.15, 0.2) is 5.96 Å². The van der Waals surface area contributed by atoms with Crippen molar-refractivity contribution in [1.29, 1.82) is 0 Å². The highest BCUT2D eigenvalue weighted by molar-refractivity contribution is 6.41. The van der Waals surface area contributed by atoms with E-state index in [1.807, 2.05) is 24.6 Å². The highest BCUT2D eigenvalue weighted by Gasteiger charge is 2.08. The molecule has 0 radical (unpaired) electrons. The number of guanidine groups is 1. The van der Waals surface area contributed by atoms with Crippen molar-refractivity contribution in [3.05, 3.63) is 21.9 Å². The molecular formula is C15H26Cl2N4O. The van der Waals surface area contributed by atoms with Crippen LogP contribution >= 0.6 is 23.2 Å². The molecule has 7 heteroatoms. The molecule has 0 aromatic carbocycles. The van der Waals surface area contributed by atoms with Crippen LogP contribution in [0.3, 0.4) is 0 Å². The molecule has 22 heavy (non-hydrogen) atoms. The maximum Gasteiger partial charge on any atom is 0.191 e. The fourth-order valence-electron chi connectivity index (χ4n) is 2.00. The highest BCUT2D eigenvalue weighted by Crippen LogP contribution is 2.25. The molecule has 5 nitrogen and oxygen atoms in total. The number of unbranched alkanes of at least 4 members (excludes halogenated alkanes) is 2. The standard InChI is InChI=1S/C15H26Cl2N4O/c1-4-18-15(19-8-6-5-7-9-22-3)20-11-12-10-13(16)14(17)21(12)2/h10H,4-9,11H2,1-3H3,(H2,18,19,20). The van der Waals surface area contributed by atoms with Gasteiger partial charge in [0, 0.05) is 39.5 Å². The lowest BCUT2D eigenvalue weighted by Gasteiger charge is -2.11. The van der Waals surface area contributed by atoms with E-state index in [0.29, 0.717) is 16.7 Å². The normalized spacial score (nSPS) is 11.8. The molecule has 0 aliphatic heterocycles. The molecule has 1 heterocycles. The Hall–Kier alpha value is -0.910. The maximum atomic E-state index is 6.06. The van der Waals surface area contributed by atoms with Gasteiger partial charge < -0.3 is 19.9 Å². The van der Waals surface area contributed by atoms with Crippen molar-refractivity contribution in [2.45, 2.75) is 32.7 Å². The fourth-order valence-corrected chi connectivity index (χ4v) is 2.41. The van der Waals surface area contributed by atoms with Gasteiger partial charge in [0.25, 0.3) is 0 Å². The van der Waals surface area contributed by atoms with Crippen molar-refractivity contribution in [3.63, 3.8) is 0 Å². The first-order chi connectivity index (χ1) is 10.6. The van der Waals surface area contributed by atoms with E-state index in [9.17, 15) is 0 Å². The molecule has 0 aliphatic rings. The van der Waals surface area contributed by atoms with E-state index in [0.717, 1.165) is 50.6 Å². The van der Waals surface area contributed by atoms with Gasteiger partial charge in [-0.25, -0.2) is 4.99 Å². The van der Waals surface area contributed by atoms with Gasteiger partial charge in [-0.2, -0.15) is 0 Å². The molecule has 0 saturated carbocycles. The minimum Gasteiger partial charge on any atom is -0.385 e. The second kappa shape index (κ2) is 10.8. The molecule has 2 N–H and O–H groups in total. The van der Waals surface area contributed by atoms with E-state index >= 15 is 0 Å². The van der Waals surface area contributed by atoms with Crippen LogP contribution in [-0.4, -0.2) is 37.3 Å². The van der Waals surface area contributed by atoms with Crippen LogP contribution in [0.5, 0.6) is 0 Å². The van der Waals surface area contributed by atoms with E-state index < -0.39 is 0 Å². The first-order valence-corrected chi connectivity index (χ1v) is 8.36. The summed E-state index contributed by atoms with van der Waals surface area (Å²) in [6.45, 7) is 5.12. The molecule has 0 amide bonds. The van der Waals surface area contributed by atoms with Gasteiger partial charge in [0.2, 0.25) is 0 Å². The van der Waals surface area contributed by atoms with Crippen molar-refractivity contribution >= 4 is 29.2 Å². The highest BCUT2D eigenvalue weighted by atomic mass is 35.5. The van der Waals surface area contributed by atoms with Crippen LogP contribution in [-0.2, 0) is 18.3 Å². The van der Waals surface area contributed by atoms with Gasteiger partial charge in [-0.05, 0) is 32.3 Å². The number of aromatic nitrogens is 1. The third-order valence-corrected chi connectivity index (χ3v) is 4.12. The summed E-state index contributed by atoms with van der Waals surface area (Å²) in [6, 6.07) is 1.85. The van der Waals surface area contributed by atoms with E-state index in [1.54, 1.807) is 7.11 Å². The molecule has 0 saturated heterocycles. The topological polar surface area (TPSA) is 50.6 Å². The summed E-state index contributed by atoms with van der Waals surface area (Å²) >= 11 is 12.1. The average Bonchev–Trinajstić information content (AvgIpc) is 2.75. The number of methoxy groups -OCH3 is 1. The summed E-state index contributed by atoms with van der Waals surface area (Å²) < 4.78 is 6.89. The zero-order valence-corrected chi connectivity index (χ0v) is 15.1. The first kappa shape index (κ1) is 19.1. The third-order valence-electron chi connectivity index (χ3n) is 3.28. The zero-order valence-electron chi connectivity index (χ0n) is 13.6. The number of nitrogens with zero attached hydrogens (tertiary/aromatic N) is 2. The Morgan fingerprint density at radius 3 is 2.64 bits per heavy atom. The summed E-state index contributed by atoms with van der Waals surface area (Å²) in [5, 5.41) is 7.67. The number of hydrogen-bond acceptors (Lipinski definition) is 2. The molecule has 0 aliphatic carbocycles. The van der Waals surface area contributed by atoms with Gasteiger partial charge in [0.1, 0.15) is 5.15 Å². The smallest absolute Gasteiger partial charge is 0.191 e. The lowest BCUT2D eigenvalue weighted by molar-refractivity contribution is 0.192. The molecule has 0 spiro atoms. The van der Waals surface area contributed by atoms with Crippen molar-refractivity contribution in [1.82, 2.24) is 15.2 Å². The van der Waals surface area contributed by atoms with Crippen LogP contribution < -0.4 is 10.6 Å². The predicted octanol–water partition coefficient (Wildman–Crippen LogP) is 3.20. The van der Waals surface area contributed by atoms with Crippen LogP contribution in [0.4, 0.5) is 0 Å². The molecule has 0 unspecified atom stereocenters. The Morgan fingerprint density at radius 1 is 1.27 bits per heavy atom. The Bertz CT molecular complexity index is 474. The van der Waals surface area contributed by atoms with Gasteiger partial charge in [-0.3, -0.25) is 0 Å². The summed E-state index contributed by atoms with van der Waals surface area (Å²) in [4.78, 5) is 4.56. The van der Waals surface area contributed by atoms with Crippen LogP contribution in [0.15, 0.2) is 11.1 Å². The number of ether oxygens (including phenoxy) is 1. The minimum absolute atomic E-state index is 0.530. The third kappa shape index (κ3) is 6.46. The fraction of sp³-hybridized carbons (Fsp3) is 0.667. The Labute approximate surface area is 143 Å². The van der Waals surface area contributed by atoms with Crippen molar-refractivity contribution < 1.29 is 4.74 Å². The Kier molecular flexibility index (Phi) is 9.36. The quantitative estimate of drug-likeness (QED) is 0.409. The van der Waals surface area contributed by atoms with Crippen LogP contribution in [0.1, 0.15) is 31.9 Å². The largest absolute Gasteiger partial charge is 0.385 e. The molecule has 1 aromatic heterocycles. The van der Waals surface area contributed by atoms with E-state index in [2.05, 4.69) is 15.6 Å². The summed E-state index contributed by atoms with van der Waals surface area (Å²) in [6.07, 6.45) is 3.32. The van der Waals surface area contributed by atoms with E-state index in [1.165, 1.54) is 0 Å². The number of hydrogen-bond donors (Lipinski definition) is 2. The van der Waals surface area contributed by atoms with Crippen LogP contribution in [0.25, 0.3) is 0 Å². The number of halogens is 2. The second-order valence-electron chi connectivity index (χ2n) is 5.01. The molecular weight excluding hydrogens is 323 g/mol. The van der Waals surface area contributed by atoms with E-state index in [-0.39, 0.29) is 0 Å². The van der Waals surface area contributed by atoms with Crippen molar-refractivity contribution in [3.8, 4) is 0 Å². The number of nitrogens with one attached hydrogen (secondary N) is 2. The Morgan fingerprint density at radius 2 is 2.05 bits per heavy atom. The second-order valence-corrected chi connectivity index (χ2v) is 5.77. The van der Waals surface area contributed by atoms with Gasteiger partial charge in [-0.15, -0.1) is 0 Å². The van der Waals surface area contributed by atoms with Crippen LogP contribution in [0.2, 0.25) is 10.2 Å². The zero-order chi connectivity index (χ0) is 16.4. The monoisotopic (exact) mass is 348 g/mol. The molecule has 0 fully saturated rings. The average molecular weight is 349 g/mol. The van der Waals surface area contributed by atoms with Gasteiger partial charge >= 0.3 is 0 Å². The first-order valence-electron chi connectivity index (χ1n) is 7.60. The summed E-state index contributed by atoms with van der Waals surface area (Å²) in [5.41, 5.74) is 0.979. The SMILES string of the molecule is CCNC(=NCc1cc(Cl)c(Cl)n1C)NCCCCCOC. The Balaban J connectivity index is 2.46. The lowest BCUT2D eigenvalue weighted by Crippen LogP contribution is -2.37.